The summed E-state index contributed by atoms with van der Waals surface area (Å²) in [6.45, 7) is 2.27. The number of aromatic nitrogens is 2. The third-order valence-corrected chi connectivity index (χ3v) is 18.9. The number of phosphoric acid groups is 3. The molecule has 2 unspecified atom stereocenters. The van der Waals surface area contributed by atoms with Crippen LogP contribution in [0.3, 0.4) is 0 Å². The first-order valence-corrected chi connectivity index (χ1v) is 29.1. The maximum Gasteiger partial charge on any atom is 0.487 e. The summed E-state index contributed by atoms with van der Waals surface area (Å²) in [6.07, 6.45) is 1.76. The lowest BCUT2D eigenvalue weighted by Gasteiger charge is -2.39. The predicted octanol–water partition coefficient (Wildman–Crippen LogP) is -1.59. The van der Waals surface area contributed by atoms with E-state index < -0.39 is 97.3 Å². The number of fused-ring (bicyclic) bond motifs is 4. The number of aromatic amines is 1. The smallest absolute Gasteiger partial charge is 0.487 e. The van der Waals surface area contributed by atoms with Gasteiger partial charge in [0.15, 0.2) is 0 Å². The lowest BCUT2D eigenvalue weighted by molar-refractivity contribution is -0.271. The Morgan fingerprint density at radius 2 is 1.54 bits per heavy atom. The molecule has 24 nitrogen and oxygen atoms in total. The van der Waals surface area contributed by atoms with Gasteiger partial charge in [-0.25, -0.2) is 9.37 Å². The molecule has 7 heterocycles. The van der Waals surface area contributed by atoms with Gasteiger partial charge in [-0.3, -0.25) is 23.1 Å². The van der Waals surface area contributed by atoms with E-state index in [1.807, 2.05) is 17.1 Å². The van der Waals surface area contributed by atoms with Crippen molar-refractivity contribution in [3.05, 3.63) is 107 Å². The molecule has 5 atom stereocenters. The van der Waals surface area contributed by atoms with Crippen molar-refractivity contribution in [3.8, 4) is 11.5 Å². The minimum absolute atomic E-state index is 0.0240. The third-order valence-electron chi connectivity index (χ3n) is 12.9. The van der Waals surface area contributed by atoms with Gasteiger partial charge in [0.1, 0.15) is 54.5 Å². The van der Waals surface area contributed by atoms with Gasteiger partial charge in [0.2, 0.25) is 5.36 Å². The summed E-state index contributed by atoms with van der Waals surface area (Å²) in [5, 5.41) is 1.68. The van der Waals surface area contributed by atoms with Crippen LogP contribution in [0, 0.1) is 0 Å². The van der Waals surface area contributed by atoms with E-state index in [0.29, 0.717) is 40.7 Å². The standard InChI is InChI=1S/C40H43N4O20P3S2/c45-33-11-16-44(40(46)41-33)34-20-30(31(60-34)21-59-66(50,51)64-67(52,53)63-65(47,48)49)62-69(57,58)24-9-10-25(32(19-24)68(54,55)56)35-28-17-22-5-1-12-42-14-3-7-26(36(22)42)38(28)61-39-27-8-4-15-43-13-2-6-23(37(27)43)18-29(35)39/h9-11,16-19,30-31,34H,1-8,12-15,20-21H2,(H5-,41,45,46,47,48,49,50,51,52,53,54,55,56)/p+1/t30-,31+,34+/m0/s1. The van der Waals surface area contributed by atoms with Crippen LogP contribution in [-0.2, 0) is 68.0 Å². The molecule has 1 fully saturated rings. The molecule has 1 aromatic heterocycles. The van der Waals surface area contributed by atoms with Crippen LogP contribution in [0.1, 0.15) is 71.7 Å². The van der Waals surface area contributed by atoms with E-state index in [1.165, 1.54) is 6.07 Å². The van der Waals surface area contributed by atoms with E-state index in [9.17, 15) is 55.4 Å². The second-order valence-electron chi connectivity index (χ2n) is 17.3. The third kappa shape index (κ3) is 9.59. The Morgan fingerprint density at radius 1 is 0.826 bits per heavy atom. The van der Waals surface area contributed by atoms with Crippen LogP contribution >= 0.6 is 24.5 Å². The zero-order valence-electron chi connectivity index (χ0n) is 36.0. The van der Waals surface area contributed by atoms with E-state index >= 15 is 0 Å². The Kier molecular flexibility index (Phi) is 12.6. The quantitative estimate of drug-likeness (QED) is 0.0335. The molecular weight excluding hydrogens is 1010 g/mol. The number of anilines is 1. The maximum absolute atomic E-state index is 14.3. The molecule has 0 saturated carbocycles. The van der Waals surface area contributed by atoms with Crippen LogP contribution in [0.5, 0.6) is 11.5 Å². The molecule has 3 aromatic carbocycles. The minimum Gasteiger partial charge on any atom is -0.603 e. The summed E-state index contributed by atoms with van der Waals surface area (Å²) in [7, 11) is -27.9. The first-order chi connectivity index (χ1) is 32.5. The van der Waals surface area contributed by atoms with Gasteiger partial charge in [0.05, 0.1) is 10.5 Å². The van der Waals surface area contributed by atoms with Crippen LogP contribution in [0.4, 0.5) is 5.69 Å². The number of H-pyrrole nitrogens is 1. The Labute approximate surface area is 393 Å². The maximum atomic E-state index is 14.3. The molecule has 6 N–H and O–H groups in total. The minimum atomic E-state index is -5.98. The molecule has 69 heavy (non-hydrogen) atoms. The van der Waals surface area contributed by atoms with Crippen LogP contribution in [0.15, 0.2) is 62.0 Å². The number of aryl methyl sites for hydroxylation is 2. The lowest BCUT2D eigenvalue weighted by atomic mass is 9.82. The van der Waals surface area contributed by atoms with Crippen molar-refractivity contribution in [1.82, 2.24) is 14.1 Å². The molecule has 4 aromatic rings. The fourth-order valence-corrected chi connectivity index (χ4v) is 15.3. The monoisotopic (exact) mass is 1060 g/mol. The Balaban J connectivity index is 1.06. The summed E-state index contributed by atoms with van der Waals surface area (Å²) < 4.78 is 101. The number of rotatable bonds is 13. The van der Waals surface area contributed by atoms with Crippen molar-refractivity contribution < 1.29 is 82.4 Å². The number of hydrogen-bond acceptors (Lipinski definition) is 20. The van der Waals surface area contributed by atoms with Crippen molar-refractivity contribution in [2.45, 2.75) is 86.0 Å². The van der Waals surface area contributed by atoms with E-state index in [1.54, 1.807) is 0 Å². The van der Waals surface area contributed by atoms with Crippen molar-refractivity contribution in [2.75, 3.05) is 37.7 Å². The molecule has 0 spiro atoms. The second-order valence-corrected chi connectivity index (χ2v) is 24.7. The van der Waals surface area contributed by atoms with Gasteiger partial charge in [-0.15, -0.1) is 0 Å². The molecule has 0 aliphatic carbocycles. The van der Waals surface area contributed by atoms with Gasteiger partial charge in [0.25, 0.3) is 25.8 Å². The number of benzene rings is 3. The molecule has 1 saturated heterocycles. The zero-order valence-corrected chi connectivity index (χ0v) is 40.3. The molecule has 10 rings (SSSR count). The fourth-order valence-electron chi connectivity index (χ4n) is 10.3. The summed E-state index contributed by atoms with van der Waals surface area (Å²) in [4.78, 5) is 101. The zero-order chi connectivity index (χ0) is 49.0. The van der Waals surface area contributed by atoms with Crippen LogP contribution in [0.2, 0.25) is 0 Å². The average Bonchev–Trinajstić information content (AvgIpc) is 3.65. The molecule has 0 bridgehead atoms. The topological polar surface area (TPSA) is 355 Å². The number of nitrogens with one attached hydrogen (secondary N) is 1. The van der Waals surface area contributed by atoms with Crippen LogP contribution < -0.4 is 50.7 Å². The van der Waals surface area contributed by atoms with Gasteiger partial charge in [-0.2, -0.15) is 40.9 Å². The first kappa shape index (κ1) is 48.9. The van der Waals surface area contributed by atoms with E-state index in [-0.39, 0.29) is 5.56 Å². The molecule has 6 aliphatic rings. The SMILES string of the molecule is O=c1ccn([C@H]2C[C@H](OS(=O)(=O)c3ccc(C4=c5cc6c7c(c5Oc5c4cc4c8c5CCCN8CCC4)CCC[N+]=7CCC6)c(S(=O)(=O)O)c3)[C@@H](CO[P+]([O-])(O)O[P+]([O-])(O)O[P+]([O-])(O)O)O2)c(=O)[nH]1. The molecule has 370 valence electrons. The summed E-state index contributed by atoms with van der Waals surface area (Å²) in [5.74, 6) is 1.13. The van der Waals surface area contributed by atoms with E-state index in [4.69, 9.17) is 28.0 Å². The molecule has 0 radical (unpaired) electrons. The normalized spacial score (nSPS) is 22.7. The van der Waals surface area contributed by atoms with Gasteiger partial charge in [-0.1, -0.05) is 6.07 Å². The van der Waals surface area contributed by atoms with Gasteiger partial charge in [0, 0.05) is 92.0 Å². The van der Waals surface area contributed by atoms with Crippen LogP contribution in [-0.4, -0.2) is 95.5 Å². The van der Waals surface area contributed by atoms with Crippen molar-refractivity contribution in [3.63, 3.8) is 0 Å². The highest BCUT2D eigenvalue weighted by Gasteiger charge is 2.54. The highest BCUT2D eigenvalue weighted by atomic mass is 32.2. The van der Waals surface area contributed by atoms with Crippen molar-refractivity contribution >= 4 is 56.0 Å². The largest absolute Gasteiger partial charge is 0.603 e. The summed E-state index contributed by atoms with van der Waals surface area (Å²) in [6, 6.07) is 7.99. The highest BCUT2D eigenvalue weighted by Crippen LogP contribution is 2.71. The second kappa shape index (κ2) is 17.8. The fraction of sp³-hybridized carbons (Fsp3) is 0.425. The first-order valence-electron chi connectivity index (χ1n) is 21.7. The predicted molar refractivity (Wildman–Crippen MR) is 236 cm³/mol. The van der Waals surface area contributed by atoms with Crippen molar-refractivity contribution in [1.29, 1.82) is 0 Å². The molecule has 6 aliphatic heterocycles. The number of nitrogens with zero attached hydrogens (tertiary/aromatic N) is 3. The van der Waals surface area contributed by atoms with Crippen LogP contribution in [0.25, 0.3) is 5.57 Å². The van der Waals surface area contributed by atoms with Gasteiger partial charge in [-0.05, 0) is 68.4 Å². The highest BCUT2D eigenvalue weighted by molar-refractivity contribution is 7.87. The number of phosphoric ester groups is 1. The van der Waals surface area contributed by atoms with Crippen molar-refractivity contribution in [2.24, 2.45) is 0 Å². The van der Waals surface area contributed by atoms with Gasteiger partial charge < -0.3 is 29.1 Å². The summed E-state index contributed by atoms with van der Waals surface area (Å²) in [5.41, 5.74) is 4.30. The number of hydrogen-bond donors (Lipinski definition) is 6. The Hall–Kier alpha value is -3.72. The Morgan fingerprint density at radius 3 is 2.26 bits per heavy atom. The molecule has 0 amide bonds. The van der Waals surface area contributed by atoms with E-state index in [0.717, 1.165) is 127 Å². The van der Waals surface area contributed by atoms with Gasteiger partial charge >= 0.3 is 30.2 Å². The average molecular weight is 1060 g/mol. The number of ether oxygens (including phenoxy) is 2. The molecular formula is C40H44N4O20P3S2+. The Bertz CT molecular complexity index is 3280. The van der Waals surface area contributed by atoms with E-state index in [2.05, 4.69) is 18.1 Å². The summed E-state index contributed by atoms with van der Waals surface area (Å²) >= 11 is 0. The molecule has 29 heteroatoms. The lowest BCUT2D eigenvalue weighted by Crippen LogP contribution is -2.45.